The smallest absolute Gasteiger partial charge is 0.243 e. The molecule has 2 aromatic carbocycles. The van der Waals surface area contributed by atoms with Crippen LogP contribution >= 0.6 is 0 Å². The third-order valence-corrected chi connectivity index (χ3v) is 8.37. The number of anilines is 1. The van der Waals surface area contributed by atoms with Crippen LogP contribution in [0.25, 0.3) is 0 Å². The zero-order valence-corrected chi connectivity index (χ0v) is 24.6. The van der Waals surface area contributed by atoms with Crippen LogP contribution in [0.3, 0.4) is 0 Å². The van der Waals surface area contributed by atoms with Gasteiger partial charge in [-0.2, -0.15) is 0 Å². The summed E-state index contributed by atoms with van der Waals surface area (Å²) in [4.78, 5) is 28.5. The maximum Gasteiger partial charge on any atom is 0.243 e. The van der Waals surface area contributed by atoms with E-state index >= 15 is 0 Å². The molecule has 3 rings (SSSR count). The van der Waals surface area contributed by atoms with Crippen LogP contribution in [0.1, 0.15) is 70.8 Å². The molecule has 1 N–H and O–H groups in total. The molecule has 0 bridgehead atoms. The van der Waals surface area contributed by atoms with Crippen molar-refractivity contribution in [3.05, 3.63) is 59.9 Å². The Morgan fingerprint density at radius 2 is 1.73 bits per heavy atom. The quantitative estimate of drug-likeness (QED) is 0.341. The van der Waals surface area contributed by atoms with Crippen molar-refractivity contribution in [2.75, 3.05) is 23.7 Å². The molecule has 1 aliphatic rings. The van der Waals surface area contributed by atoms with Crippen molar-refractivity contribution < 1.29 is 27.1 Å². The number of nitrogens with one attached hydrogen (secondary N) is 1. The Balaban J connectivity index is 1.77. The average molecular weight is 576 g/mol. The third-order valence-electron chi connectivity index (χ3n) is 7.19. The van der Waals surface area contributed by atoms with Gasteiger partial charge in [0.25, 0.3) is 0 Å². The van der Waals surface area contributed by atoms with E-state index in [0.717, 1.165) is 38.4 Å². The molecule has 1 atom stereocenters. The molecule has 0 heterocycles. The van der Waals surface area contributed by atoms with Crippen molar-refractivity contribution in [2.45, 2.75) is 83.8 Å². The van der Waals surface area contributed by atoms with E-state index in [2.05, 4.69) is 5.32 Å². The van der Waals surface area contributed by atoms with Crippen molar-refractivity contribution in [1.29, 1.82) is 0 Å². The molecule has 1 saturated carbocycles. The van der Waals surface area contributed by atoms with Gasteiger partial charge in [0.05, 0.1) is 18.6 Å². The second-order valence-corrected chi connectivity index (χ2v) is 12.2. The molecule has 0 unspecified atom stereocenters. The van der Waals surface area contributed by atoms with Crippen LogP contribution in [0.15, 0.2) is 48.5 Å². The highest BCUT2D eigenvalue weighted by atomic mass is 32.2. The van der Waals surface area contributed by atoms with Crippen molar-refractivity contribution in [1.82, 2.24) is 10.2 Å². The fourth-order valence-electron chi connectivity index (χ4n) is 5.17. The summed E-state index contributed by atoms with van der Waals surface area (Å²) in [6.07, 6.45) is 7.00. The highest BCUT2D eigenvalue weighted by Crippen LogP contribution is 2.30. The molecule has 220 valence electrons. The molecule has 8 nitrogen and oxygen atoms in total. The fourth-order valence-corrected chi connectivity index (χ4v) is 6.14. The van der Waals surface area contributed by atoms with E-state index in [1.807, 2.05) is 13.8 Å². The average Bonchev–Trinajstić information content (AvgIpc) is 2.92. The van der Waals surface area contributed by atoms with Gasteiger partial charge < -0.3 is 15.0 Å². The Kier molecular flexibility index (Phi) is 11.8. The molecular formula is C30H42FN3O5S. The Morgan fingerprint density at radius 3 is 2.35 bits per heavy atom. The molecule has 40 heavy (non-hydrogen) atoms. The summed E-state index contributed by atoms with van der Waals surface area (Å²) in [5, 5.41) is 3.14. The minimum atomic E-state index is -3.65. The summed E-state index contributed by atoms with van der Waals surface area (Å²) < 4.78 is 45.8. The zero-order valence-electron chi connectivity index (χ0n) is 23.8. The van der Waals surface area contributed by atoms with Crippen LogP contribution in [-0.2, 0) is 26.2 Å². The largest absolute Gasteiger partial charge is 0.492 e. The van der Waals surface area contributed by atoms with Crippen molar-refractivity contribution >= 4 is 27.5 Å². The predicted molar refractivity (Wildman–Crippen MR) is 155 cm³/mol. The molecule has 0 aliphatic heterocycles. The van der Waals surface area contributed by atoms with Gasteiger partial charge in [-0.3, -0.25) is 13.9 Å². The first kappa shape index (κ1) is 31.4. The van der Waals surface area contributed by atoms with Gasteiger partial charge in [-0.05, 0) is 62.4 Å². The van der Waals surface area contributed by atoms with Crippen LogP contribution in [0.4, 0.5) is 10.1 Å². The van der Waals surface area contributed by atoms with E-state index in [9.17, 15) is 22.4 Å². The molecule has 0 spiro atoms. The number of nitrogens with zero attached hydrogens (tertiary/aromatic N) is 2. The monoisotopic (exact) mass is 575 g/mol. The SMILES string of the molecule is CCOc1ccccc1N(CCCC(=O)N(Cc1ccc(F)cc1)[C@@H](CC)C(=O)NC1CCCCC1)S(C)(=O)=O. The lowest BCUT2D eigenvalue weighted by atomic mass is 9.95. The summed E-state index contributed by atoms with van der Waals surface area (Å²) in [6.45, 7) is 4.30. The van der Waals surface area contributed by atoms with Crippen LogP contribution in [0.5, 0.6) is 5.75 Å². The van der Waals surface area contributed by atoms with Gasteiger partial charge in [0.2, 0.25) is 21.8 Å². The van der Waals surface area contributed by atoms with Gasteiger partial charge >= 0.3 is 0 Å². The fraction of sp³-hybridized carbons (Fsp3) is 0.533. The molecule has 1 aliphatic carbocycles. The standard InChI is InChI=1S/C30H42FN3O5S/c1-4-26(30(36)32-25-12-7-6-8-13-25)33(22-23-17-19-24(31)20-18-23)29(35)16-11-21-34(40(3,37)38)27-14-9-10-15-28(27)39-5-2/h9-10,14-15,17-20,25-26H,4-8,11-13,16,21-22H2,1-3H3,(H,32,36)/t26-/m0/s1. The van der Waals surface area contributed by atoms with Crippen molar-refractivity contribution in [3.8, 4) is 5.75 Å². The van der Waals surface area contributed by atoms with Gasteiger partial charge in [-0.25, -0.2) is 12.8 Å². The lowest BCUT2D eigenvalue weighted by molar-refractivity contribution is -0.141. The normalized spacial score (nSPS) is 14.8. The number of sulfonamides is 1. The maximum atomic E-state index is 13.6. The third kappa shape index (κ3) is 8.94. The van der Waals surface area contributed by atoms with Crippen LogP contribution in [-0.4, -0.2) is 56.6 Å². The summed E-state index contributed by atoms with van der Waals surface area (Å²) in [7, 11) is -3.65. The molecule has 0 saturated heterocycles. The molecule has 0 radical (unpaired) electrons. The number of carbonyl (C=O) groups excluding carboxylic acids is 2. The Bertz CT molecular complexity index is 1220. The number of benzene rings is 2. The number of para-hydroxylation sites is 2. The van der Waals surface area contributed by atoms with Crippen LogP contribution in [0, 0.1) is 5.82 Å². The zero-order chi connectivity index (χ0) is 29.1. The maximum absolute atomic E-state index is 13.6. The lowest BCUT2D eigenvalue weighted by Gasteiger charge is -2.33. The molecule has 10 heteroatoms. The van der Waals surface area contributed by atoms with Crippen LogP contribution < -0.4 is 14.4 Å². The Labute approximate surface area is 237 Å². The first-order valence-electron chi connectivity index (χ1n) is 14.2. The summed E-state index contributed by atoms with van der Waals surface area (Å²) in [6, 6.07) is 12.2. The second-order valence-electron chi connectivity index (χ2n) is 10.3. The summed E-state index contributed by atoms with van der Waals surface area (Å²) in [5.74, 6) is -0.378. The van der Waals surface area contributed by atoms with E-state index in [4.69, 9.17) is 4.74 Å². The highest BCUT2D eigenvalue weighted by molar-refractivity contribution is 7.92. The van der Waals surface area contributed by atoms with E-state index in [-0.39, 0.29) is 49.6 Å². The Morgan fingerprint density at radius 1 is 1.05 bits per heavy atom. The van der Waals surface area contributed by atoms with Crippen LogP contribution in [0.2, 0.25) is 0 Å². The number of halogens is 1. The molecule has 2 aromatic rings. The van der Waals surface area contributed by atoms with Gasteiger partial charge in [0.1, 0.15) is 17.6 Å². The van der Waals surface area contributed by atoms with Gasteiger partial charge in [0, 0.05) is 25.6 Å². The number of hydrogen-bond acceptors (Lipinski definition) is 5. The minimum Gasteiger partial charge on any atom is -0.492 e. The molecule has 1 fully saturated rings. The number of amides is 2. The van der Waals surface area contributed by atoms with Crippen molar-refractivity contribution in [3.63, 3.8) is 0 Å². The second kappa shape index (κ2) is 15.0. The van der Waals surface area contributed by atoms with Gasteiger partial charge in [-0.1, -0.05) is 50.5 Å². The number of rotatable bonds is 14. The van der Waals surface area contributed by atoms with Gasteiger partial charge in [0.15, 0.2) is 0 Å². The molecular weight excluding hydrogens is 533 g/mol. The number of hydrogen-bond donors (Lipinski definition) is 1. The summed E-state index contributed by atoms with van der Waals surface area (Å²) in [5.41, 5.74) is 1.13. The van der Waals surface area contributed by atoms with E-state index in [1.54, 1.807) is 41.3 Å². The number of carbonyl (C=O) groups is 2. The molecule has 0 aromatic heterocycles. The first-order valence-corrected chi connectivity index (χ1v) is 16.0. The summed E-state index contributed by atoms with van der Waals surface area (Å²) >= 11 is 0. The topological polar surface area (TPSA) is 96.0 Å². The molecule has 2 amide bonds. The van der Waals surface area contributed by atoms with E-state index in [1.165, 1.54) is 16.4 Å². The lowest BCUT2D eigenvalue weighted by Crippen LogP contribution is -2.51. The minimum absolute atomic E-state index is 0.0389. The van der Waals surface area contributed by atoms with E-state index in [0.29, 0.717) is 30.0 Å². The van der Waals surface area contributed by atoms with Crippen molar-refractivity contribution in [2.24, 2.45) is 0 Å². The van der Waals surface area contributed by atoms with Gasteiger partial charge in [-0.15, -0.1) is 0 Å². The van der Waals surface area contributed by atoms with E-state index < -0.39 is 16.1 Å². The predicted octanol–water partition coefficient (Wildman–Crippen LogP) is 5.03. The Hall–Kier alpha value is -3.14. The number of ether oxygens (including phenoxy) is 1. The highest BCUT2D eigenvalue weighted by Gasteiger charge is 2.30. The first-order chi connectivity index (χ1) is 19.1.